The number of rotatable bonds is 11. The minimum Gasteiger partial charge on any atom is -0.494 e. The molecule has 2 fully saturated rings. The molecule has 42 heavy (non-hydrogen) atoms. The average molecular weight is 570 g/mol. The lowest BCUT2D eigenvalue weighted by Gasteiger charge is -2.31. The lowest BCUT2D eigenvalue weighted by molar-refractivity contribution is -0.384. The molecule has 0 aliphatic carbocycles. The summed E-state index contributed by atoms with van der Waals surface area (Å²) in [4.78, 5) is 52.6. The van der Waals surface area contributed by atoms with Crippen LogP contribution < -0.4 is 10.1 Å². The number of hydrogen-bond acceptors (Lipinski definition) is 7. The molecule has 10 heteroatoms. The van der Waals surface area contributed by atoms with E-state index >= 15 is 0 Å². The van der Waals surface area contributed by atoms with Gasteiger partial charge in [0.05, 0.1) is 23.4 Å². The predicted molar refractivity (Wildman–Crippen MR) is 154 cm³/mol. The molecule has 216 valence electrons. The van der Waals surface area contributed by atoms with Crippen molar-refractivity contribution in [1.82, 2.24) is 10.2 Å². The summed E-state index contributed by atoms with van der Waals surface area (Å²) in [7, 11) is 0. The molecule has 0 aromatic heterocycles. The third-order valence-electron chi connectivity index (χ3n) is 7.87. The number of nitrogens with zero attached hydrogens (tertiary/aromatic N) is 2. The minimum absolute atomic E-state index is 0.00328. The van der Waals surface area contributed by atoms with Crippen molar-refractivity contribution in [3.05, 3.63) is 112 Å². The maximum Gasteiger partial charge on any atom is 0.325 e. The molecular weight excluding hydrogens is 538 g/mol. The molecule has 4 unspecified atom stereocenters. The fourth-order valence-electron chi connectivity index (χ4n) is 5.87. The van der Waals surface area contributed by atoms with Crippen LogP contribution in [0.1, 0.15) is 36.1 Å². The molecule has 10 nitrogen and oxygen atoms in total. The first-order chi connectivity index (χ1) is 20.2. The van der Waals surface area contributed by atoms with E-state index in [0.717, 1.165) is 16.9 Å². The SMILES string of the molecule is CCCOc1ccc(C2NC(Cc3ccc([N+](=O)[O-])cc3)(C(=O)O)C3C(=O)N(C/C=C\c4ccccc4)C(=O)C23)cc1. The van der Waals surface area contributed by atoms with Crippen LogP contribution in [0.3, 0.4) is 0 Å². The second-order valence-electron chi connectivity index (χ2n) is 10.5. The molecule has 2 aliphatic rings. The topological polar surface area (TPSA) is 139 Å². The van der Waals surface area contributed by atoms with Crippen LogP contribution in [-0.4, -0.2) is 51.4 Å². The second-order valence-corrected chi connectivity index (χ2v) is 10.5. The van der Waals surface area contributed by atoms with Crippen molar-refractivity contribution in [2.75, 3.05) is 13.2 Å². The lowest BCUT2D eigenvalue weighted by Crippen LogP contribution is -2.57. The lowest BCUT2D eigenvalue weighted by atomic mass is 9.76. The molecule has 2 aliphatic heterocycles. The van der Waals surface area contributed by atoms with E-state index in [9.17, 15) is 29.6 Å². The number of carboxylic acids is 1. The van der Waals surface area contributed by atoms with Crippen LogP contribution in [0, 0.1) is 22.0 Å². The van der Waals surface area contributed by atoms with Gasteiger partial charge in [0.2, 0.25) is 11.8 Å². The molecule has 5 rings (SSSR count). The van der Waals surface area contributed by atoms with Crippen molar-refractivity contribution in [1.29, 1.82) is 0 Å². The summed E-state index contributed by atoms with van der Waals surface area (Å²) in [5.74, 6) is -3.79. The number of non-ortho nitro benzene ring substituents is 1. The Morgan fingerprint density at radius 3 is 2.36 bits per heavy atom. The van der Waals surface area contributed by atoms with Gasteiger partial charge in [0.25, 0.3) is 5.69 Å². The fraction of sp³-hybridized carbons (Fsp3) is 0.281. The number of ether oxygens (including phenoxy) is 1. The number of aliphatic carboxylic acids is 1. The highest BCUT2D eigenvalue weighted by Crippen LogP contribution is 2.50. The van der Waals surface area contributed by atoms with Gasteiger partial charge in [-0.2, -0.15) is 0 Å². The number of nitro benzene ring substituents is 1. The molecule has 0 radical (unpaired) electrons. The van der Waals surface area contributed by atoms with Crippen LogP contribution in [-0.2, 0) is 20.8 Å². The first-order valence-corrected chi connectivity index (χ1v) is 13.8. The van der Waals surface area contributed by atoms with E-state index in [-0.39, 0.29) is 18.7 Å². The van der Waals surface area contributed by atoms with Crippen molar-refractivity contribution >= 4 is 29.5 Å². The molecular formula is C32H31N3O7. The number of likely N-dealkylation sites (tertiary alicyclic amines) is 1. The highest BCUT2D eigenvalue weighted by molar-refractivity contribution is 6.09. The van der Waals surface area contributed by atoms with Gasteiger partial charge in [-0.05, 0) is 35.2 Å². The molecule has 2 amide bonds. The number of carbonyl (C=O) groups is 3. The second kappa shape index (κ2) is 12.0. The zero-order valence-electron chi connectivity index (χ0n) is 23.0. The van der Waals surface area contributed by atoms with Crippen molar-refractivity contribution in [3.8, 4) is 5.75 Å². The van der Waals surface area contributed by atoms with Crippen LogP contribution in [0.2, 0.25) is 0 Å². The quantitative estimate of drug-likeness (QED) is 0.197. The minimum atomic E-state index is -1.83. The Morgan fingerprint density at radius 2 is 1.74 bits per heavy atom. The Kier molecular flexibility index (Phi) is 8.17. The van der Waals surface area contributed by atoms with Crippen molar-refractivity contribution < 1.29 is 29.2 Å². The number of imide groups is 1. The van der Waals surface area contributed by atoms with Gasteiger partial charge < -0.3 is 9.84 Å². The van der Waals surface area contributed by atoms with Gasteiger partial charge in [-0.3, -0.25) is 34.7 Å². The normalized spacial score (nSPS) is 23.4. The molecule has 0 spiro atoms. The molecule has 0 bridgehead atoms. The number of nitro groups is 1. The Morgan fingerprint density at radius 1 is 1.05 bits per heavy atom. The van der Waals surface area contributed by atoms with Gasteiger partial charge in [-0.1, -0.05) is 73.7 Å². The number of amides is 2. The van der Waals surface area contributed by atoms with Crippen LogP contribution in [0.5, 0.6) is 5.75 Å². The Balaban J connectivity index is 1.51. The largest absolute Gasteiger partial charge is 0.494 e. The van der Waals surface area contributed by atoms with E-state index < -0.39 is 46.1 Å². The van der Waals surface area contributed by atoms with E-state index in [1.165, 1.54) is 24.3 Å². The predicted octanol–water partition coefficient (Wildman–Crippen LogP) is 4.41. The van der Waals surface area contributed by atoms with Crippen LogP contribution in [0.15, 0.2) is 84.9 Å². The zero-order chi connectivity index (χ0) is 29.9. The number of hydrogen-bond donors (Lipinski definition) is 2. The third kappa shape index (κ3) is 5.40. The zero-order valence-corrected chi connectivity index (χ0v) is 23.0. The Bertz CT molecular complexity index is 1510. The molecule has 2 N–H and O–H groups in total. The van der Waals surface area contributed by atoms with Crippen molar-refractivity contribution in [2.45, 2.75) is 31.3 Å². The summed E-state index contributed by atoms with van der Waals surface area (Å²) in [6, 6.07) is 21.3. The third-order valence-corrected chi connectivity index (χ3v) is 7.87. The fourth-order valence-corrected chi connectivity index (χ4v) is 5.87. The van der Waals surface area contributed by atoms with Gasteiger partial charge in [-0.15, -0.1) is 0 Å². The van der Waals surface area contributed by atoms with Crippen LogP contribution >= 0.6 is 0 Å². The highest BCUT2D eigenvalue weighted by atomic mass is 16.6. The van der Waals surface area contributed by atoms with Gasteiger partial charge in [0.1, 0.15) is 11.3 Å². The number of fused-ring (bicyclic) bond motifs is 1. The maximum absolute atomic E-state index is 13.9. The van der Waals surface area contributed by atoms with Crippen molar-refractivity contribution in [3.63, 3.8) is 0 Å². The summed E-state index contributed by atoms with van der Waals surface area (Å²) < 4.78 is 5.68. The van der Waals surface area contributed by atoms with Crippen LogP contribution in [0.25, 0.3) is 6.08 Å². The van der Waals surface area contributed by atoms with Gasteiger partial charge in [0, 0.05) is 31.1 Å². The van der Waals surface area contributed by atoms with E-state index in [1.54, 1.807) is 36.4 Å². The monoisotopic (exact) mass is 569 g/mol. The number of carbonyl (C=O) groups excluding carboxylic acids is 2. The standard InChI is InChI=1S/C32H31N3O7/c1-2-19-42-25-16-12-23(13-17-25)28-26-27(30(37)34(29(26)36)18-6-9-21-7-4-3-5-8-21)32(33-28,31(38)39)20-22-10-14-24(15-11-22)35(40)41/h3-17,26-28,33H,2,18-20H2,1H3,(H,38,39)/b9-6-. The average Bonchev–Trinajstić information content (AvgIpc) is 3.46. The summed E-state index contributed by atoms with van der Waals surface area (Å²) in [5.41, 5.74) is 0.0873. The smallest absolute Gasteiger partial charge is 0.325 e. The van der Waals surface area contributed by atoms with E-state index in [2.05, 4.69) is 5.32 Å². The summed E-state index contributed by atoms with van der Waals surface area (Å²) in [6.07, 6.45) is 4.21. The summed E-state index contributed by atoms with van der Waals surface area (Å²) >= 11 is 0. The van der Waals surface area contributed by atoms with Crippen molar-refractivity contribution in [2.24, 2.45) is 11.8 Å². The Hall–Kier alpha value is -4.83. The first kappa shape index (κ1) is 28.7. The Labute approximate surface area is 242 Å². The number of benzene rings is 3. The number of nitrogens with one attached hydrogen (secondary N) is 1. The molecule has 2 heterocycles. The molecule has 3 aromatic carbocycles. The molecule has 4 atom stereocenters. The first-order valence-electron chi connectivity index (χ1n) is 13.8. The van der Waals surface area contributed by atoms with E-state index in [1.807, 2.05) is 37.3 Å². The molecule has 0 saturated carbocycles. The summed E-state index contributed by atoms with van der Waals surface area (Å²) in [5, 5.41) is 25.0. The van der Waals surface area contributed by atoms with Gasteiger partial charge in [0.15, 0.2) is 0 Å². The van der Waals surface area contributed by atoms with E-state index in [4.69, 9.17) is 4.74 Å². The summed E-state index contributed by atoms with van der Waals surface area (Å²) in [6.45, 7) is 2.54. The molecule has 3 aromatic rings. The van der Waals surface area contributed by atoms with Gasteiger partial charge >= 0.3 is 5.97 Å². The van der Waals surface area contributed by atoms with E-state index in [0.29, 0.717) is 23.5 Å². The number of carboxylic acid groups (broad SMARTS) is 1. The maximum atomic E-state index is 13.9. The molecule has 2 saturated heterocycles. The van der Waals surface area contributed by atoms with Crippen LogP contribution in [0.4, 0.5) is 5.69 Å². The van der Waals surface area contributed by atoms with Gasteiger partial charge in [-0.25, -0.2) is 0 Å². The highest BCUT2D eigenvalue weighted by Gasteiger charge is 2.68.